The molecule has 2 amide bonds. The normalized spacial score (nSPS) is 14.9. The molecule has 0 bridgehead atoms. The number of hydrogen-bond acceptors (Lipinski definition) is 5. The van der Waals surface area contributed by atoms with Crippen LogP contribution in [-0.4, -0.2) is 36.0 Å². The summed E-state index contributed by atoms with van der Waals surface area (Å²) in [6.45, 7) is 8.88. The van der Waals surface area contributed by atoms with E-state index in [0.717, 1.165) is 5.56 Å². The highest BCUT2D eigenvalue weighted by Gasteiger charge is 2.21. The van der Waals surface area contributed by atoms with E-state index in [0.29, 0.717) is 22.0 Å². The van der Waals surface area contributed by atoms with E-state index in [1.807, 2.05) is 26.8 Å². The molecule has 4 atom stereocenters. The van der Waals surface area contributed by atoms with Crippen LogP contribution in [-0.2, 0) is 10.2 Å². The Balaban J connectivity index is 2.28. The first-order valence-electron chi connectivity index (χ1n) is 11.7. The van der Waals surface area contributed by atoms with Gasteiger partial charge in [-0.2, -0.15) is 0 Å². The summed E-state index contributed by atoms with van der Waals surface area (Å²) in [5.74, 6) is 2.65. The molecule has 7 nitrogen and oxygen atoms in total. The summed E-state index contributed by atoms with van der Waals surface area (Å²) in [6.07, 6.45) is 8.60. The number of rotatable bonds is 10. The Kier molecular flexibility index (Phi) is 10.1. The Morgan fingerprint density at radius 2 is 1.83 bits per heavy atom. The molecule has 0 radical (unpaired) electrons. The van der Waals surface area contributed by atoms with Crippen molar-refractivity contribution in [3.8, 4) is 18.1 Å². The summed E-state index contributed by atoms with van der Waals surface area (Å²) in [5.41, 5.74) is 13.0. The van der Waals surface area contributed by atoms with Crippen LogP contribution in [0, 0.1) is 12.3 Å². The lowest BCUT2D eigenvalue weighted by Crippen LogP contribution is -2.43. The fraction of sp³-hybridized carbons (Fsp3) is 0.357. The van der Waals surface area contributed by atoms with Gasteiger partial charge in [0.15, 0.2) is 0 Å². The van der Waals surface area contributed by atoms with Crippen LogP contribution in [0.15, 0.2) is 54.6 Å². The lowest BCUT2D eigenvalue weighted by atomic mass is 9.85. The predicted octanol–water partition coefficient (Wildman–Crippen LogP) is 4.01. The van der Waals surface area contributed by atoms with Gasteiger partial charge in [0.2, 0.25) is 5.91 Å². The molecule has 0 heterocycles. The van der Waals surface area contributed by atoms with Crippen LogP contribution in [0.4, 0.5) is 5.69 Å². The Labute approximate surface area is 218 Å². The van der Waals surface area contributed by atoms with E-state index in [2.05, 4.69) is 16.6 Å². The third kappa shape index (κ3) is 8.13. The van der Waals surface area contributed by atoms with Gasteiger partial charge in [-0.25, -0.2) is 0 Å². The first-order valence-corrected chi connectivity index (χ1v) is 12.0. The van der Waals surface area contributed by atoms with Gasteiger partial charge in [0.05, 0.1) is 22.2 Å². The van der Waals surface area contributed by atoms with E-state index in [-0.39, 0.29) is 29.9 Å². The third-order valence-electron chi connectivity index (χ3n) is 5.72. The molecule has 0 spiro atoms. The van der Waals surface area contributed by atoms with Gasteiger partial charge in [0, 0.05) is 30.6 Å². The molecule has 2 aromatic rings. The Morgan fingerprint density at radius 3 is 2.44 bits per heavy atom. The average Bonchev–Trinajstić information content (AvgIpc) is 2.82. The zero-order chi connectivity index (χ0) is 27.0. The van der Waals surface area contributed by atoms with Crippen LogP contribution in [0.3, 0.4) is 0 Å². The first kappa shape index (κ1) is 28.9. The fourth-order valence-corrected chi connectivity index (χ4v) is 3.45. The van der Waals surface area contributed by atoms with Crippen molar-refractivity contribution in [2.45, 2.75) is 64.3 Å². The van der Waals surface area contributed by atoms with Crippen molar-refractivity contribution in [3.05, 3.63) is 70.8 Å². The number of terminal acetylenes is 1. The van der Waals surface area contributed by atoms with Crippen molar-refractivity contribution in [3.63, 3.8) is 0 Å². The molecule has 0 aliphatic heterocycles. The zero-order valence-electron chi connectivity index (χ0n) is 21.3. The van der Waals surface area contributed by atoms with E-state index in [1.54, 1.807) is 55.5 Å². The minimum Gasteiger partial charge on any atom is -0.484 e. The fourth-order valence-electron chi connectivity index (χ4n) is 3.28. The van der Waals surface area contributed by atoms with Crippen molar-refractivity contribution < 1.29 is 14.3 Å². The Hall–Kier alpha value is -3.31. The standard InChI is InChI=1S/C28H35ClN4O3/c1-7-28(5,6)21-10-8-9-20(15-21)27(35)33-25-16-22(11-12-23(25)29)36-26(18(3)32-19(4)34)14-13-24(31)17(2)30/h1,8-18,24,26H,30-31H2,2-6H3,(H,32,34)(H,33,35)/b14-13-/t17?,18-,24?,26?/m0/s1. The number of halogens is 1. The van der Waals surface area contributed by atoms with Crippen LogP contribution in [0.25, 0.3) is 0 Å². The van der Waals surface area contributed by atoms with Gasteiger partial charge < -0.3 is 26.8 Å². The van der Waals surface area contributed by atoms with Crippen molar-refractivity contribution in [2.75, 3.05) is 5.32 Å². The maximum atomic E-state index is 13.0. The van der Waals surface area contributed by atoms with E-state index in [4.69, 9.17) is 34.2 Å². The molecular formula is C28H35ClN4O3. The molecule has 0 aliphatic carbocycles. The van der Waals surface area contributed by atoms with Crippen LogP contribution in [0.1, 0.15) is 50.5 Å². The van der Waals surface area contributed by atoms with Crippen LogP contribution < -0.4 is 26.8 Å². The van der Waals surface area contributed by atoms with E-state index >= 15 is 0 Å². The maximum Gasteiger partial charge on any atom is 0.255 e. The number of nitrogens with two attached hydrogens (primary N) is 2. The van der Waals surface area contributed by atoms with Crippen molar-refractivity contribution in [1.82, 2.24) is 5.32 Å². The monoisotopic (exact) mass is 510 g/mol. The van der Waals surface area contributed by atoms with Crippen LogP contribution in [0.2, 0.25) is 5.02 Å². The van der Waals surface area contributed by atoms with Gasteiger partial charge in [-0.05, 0) is 63.6 Å². The number of carbonyl (C=O) groups excluding carboxylic acids is 2. The van der Waals surface area contributed by atoms with Gasteiger partial charge in [0.1, 0.15) is 11.9 Å². The number of carbonyl (C=O) groups is 2. The molecule has 192 valence electrons. The quantitative estimate of drug-likeness (QED) is 0.284. The first-order chi connectivity index (χ1) is 16.8. The van der Waals surface area contributed by atoms with Gasteiger partial charge in [-0.3, -0.25) is 9.59 Å². The summed E-state index contributed by atoms with van der Waals surface area (Å²) in [4.78, 5) is 24.6. The smallest absolute Gasteiger partial charge is 0.255 e. The highest BCUT2D eigenvalue weighted by atomic mass is 35.5. The van der Waals surface area contributed by atoms with Gasteiger partial charge in [0.25, 0.3) is 5.91 Å². The summed E-state index contributed by atoms with van der Waals surface area (Å²) in [6, 6.07) is 11.1. The summed E-state index contributed by atoms with van der Waals surface area (Å²) in [5, 5.41) is 6.00. The van der Waals surface area contributed by atoms with Crippen molar-refractivity contribution in [2.24, 2.45) is 11.5 Å². The largest absolute Gasteiger partial charge is 0.484 e. The molecular weight excluding hydrogens is 476 g/mol. The second kappa shape index (κ2) is 12.6. The minimum atomic E-state index is -0.550. The van der Waals surface area contributed by atoms with Gasteiger partial charge in [-0.1, -0.05) is 35.7 Å². The second-order valence-electron chi connectivity index (χ2n) is 9.34. The van der Waals surface area contributed by atoms with Crippen molar-refractivity contribution >= 4 is 29.1 Å². The molecule has 2 aromatic carbocycles. The molecule has 0 saturated heterocycles. The van der Waals surface area contributed by atoms with Crippen LogP contribution in [0.5, 0.6) is 5.75 Å². The molecule has 0 saturated carbocycles. The summed E-state index contributed by atoms with van der Waals surface area (Å²) >= 11 is 6.36. The number of hydrogen-bond donors (Lipinski definition) is 4. The lowest BCUT2D eigenvalue weighted by Gasteiger charge is -2.24. The van der Waals surface area contributed by atoms with Gasteiger partial charge >= 0.3 is 0 Å². The number of benzene rings is 2. The maximum absolute atomic E-state index is 13.0. The summed E-state index contributed by atoms with van der Waals surface area (Å²) in [7, 11) is 0. The highest BCUT2D eigenvalue weighted by molar-refractivity contribution is 6.34. The second-order valence-corrected chi connectivity index (χ2v) is 9.75. The van der Waals surface area contributed by atoms with Crippen molar-refractivity contribution in [1.29, 1.82) is 0 Å². The topological polar surface area (TPSA) is 119 Å². The highest BCUT2D eigenvalue weighted by Crippen LogP contribution is 2.29. The SMILES string of the molecule is C#CC(C)(C)c1cccc(C(=O)Nc2cc(OC(/C=C\C(N)C(C)N)[C@H](C)NC(C)=O)ccc2Cl)c1. The molecule has 0 fully saturated rings. The molecule has 3 unspecified atom stereocenters. The summed E-state index contributed by atoms with van der Waals surface area (Å²) < 4.78 is 6.14. The number of ether oxygens (including phenoxy) is 1. The molecule has 2 rings (SSSR count). The Bertz CT molecular complexity index is 1150. The van der Waals surface area contributed by atoms with Gasteiger partial charge in [-0.15, -0.1) is 6.42 Å². The van der Waals surface area contributed by atoms with E-state index in [9.17, 15) is 9.59 Å². The van der Waals surface area contributed by atoms with Crippen LogP contribution >= 0.6 is 11.6 Å². The average molecular weight is 511 g/mol. The molecule has 8 heteroatoms. The third-order valence-corrected chi connectivity index (χ3v) is 6.05. The molecule has 0 aromatic heterocycles. The van der Waals surface area contributed by atoms with E-state index in [1.165, 1.54) is 6.92 Å². The molecule has 36 heavy (non-hydrogen) atoms. The number of amides is 2. The zero-order valence-corrected chi connectivity index (χ0v) is 22.1. The minimum absolute atomic E-state index is 0.194. The Morgan fingerprint density at radius 1 is 1.14 bits per heavy atom. The van der Waals surface area contributed by atoms with E-state index < -0.39 is 11.5 Å². The number of nitrogens with one attached hydrogen (secondary N) is 2. The molecule has 6 N–H and O–H groups in total. The molecule has 0 aliphatic rings. The number of anilines is 1. The lowest BCUT2D eigenvalue weighted by molar-refractivity contribution is -0.120. The predicted molar refractivity (Wildman–Crippen MR) is 146 cm³/mol.